The number of carbonyl (C=O) groups excluding carboxylic acids is 2. The number of hydrogen-bond donors (Lipinski definition) is 0. The van der Waals surface area contributed by atoms with Crippen LogP contribution in [-0.4, -0.2) is 55.2 Å². The Balaban J connectivity index is 0.000000309. The average Bonchev–Trinajstić information content (AvgIpc) is 2.86. The number of nitrogens with zero attached hydrogens (tertiary/aromatic N) is 2. The summed E-state index contributed by atoms with van der Waals surface area (Å²) >= 11 is 0. The van der Waals surface area contributed by atoms with E-state index >= 15 is 0 Å². The normalized spacial score (nSPS) is 19.3. The van der Waals surface area contributed by atoms with Gasteiger partial charge in [0.2, 0.25) is 0 Å². The van der Waals surface area contributed by atoms with Gasteiger partial charge in [0.15, 0.2) is 0 Å². The van der Waals surface area contributed by atoms with Crippen LogP contribution in [0.1, 0.15) is 55.7 Å². The topological polar surface area (TPSA) is 40.6 Å². The molecule has 2 saturated heterocycles. The Labute approximate surface area is 261 Å². The maximum Gasteiger partial charge on any atom is 2.00 e. The van der Waals surface area contributed by atoms with E-state index in [0.29, 0.717) is 35.4 Å². The number of amides is 1. The first-order valence-electron chi connectivity index (χ1n) is 12.6. The van der Waals surface area contributed by atoms with Crippen molar-refractivity contribution in [2.24, 2.45) is 11.3 Å². The molecule has 4 nitrogen and oxygen atoms in total. The number of likely N-dealkylation sites (N-methyl/N-ethyl adjacent to an activating group) is 1. The van der Waals surface area contributed by atoms with Crippen LogP contribution in [0.15, 0.2) is 48.5 Å². The zero-order valence-electron chi connectivity index (χ0n) is 21.8. The molecule has 1 atom stereocenters. The number of likely N-dealkylation sites (tertiary alicyclic amines) is 2. The fourth-order valence-electron chi connectivity index (χ4n) is 5.27. The summed E-state index contributed by atoms with van der Waals surface area (Å²) in [7, 11) is 2.24. The molecule has 2 aromatic rings. The summed E-state index contributed by atoms with van der Waals surface area (Å²) in [6.07, 6.45) is 1.90. The minimum atomic E-state index is -4.57. The van der Waals surface area contributed by atoms with E-state index in [1.54, 1.807) is 0 Å². The zero-order chi connectivity index (χ0) is 27.2. The van der Waals surface area contributed by atoms with Crippen molar-refractivity contribution in [3.63, 3.8) is 0 Å². The van der Waals surface area contributed by atoms with Gasteiger partial charge in [-0.3, -0.25) is 4.39 Å². The summed E-state index contributed by atoms with van der Waals surface area (Å²) in [5, 5.41) is 0. The van der Waals surface area contributed by atoms with E-state index < -0.39 is 23.1 Å². The minimum Gasteiger partial charge on any atom is -0.376 e. The smallest absolute Gasteiger partial charge is 0.376 e. The van der Waals surface area contributed by atoms with Crippen molar-refractivity contribution >= 4 is 12.2 Å². The predicted octanol–water partition coefficient (Wildman–Crippen LogP) is 5.88. The van der Waals surface area contributed by atoms with Gasteiger partial charge in [-0.2, -0.15) is 19.1 Å². The van der Waals surface area contributed by atoms with E-state index in [1.807, 2.05) is 6.42 Å². The van der Waals surface area contributed by atoms with E-state index in [0.717, 1.165) is 38.8 Å². The molecule has 1 unspecified atom stereocenters. The van der Waals surface area contributed by atoms with Crippen LogP contribution >= 0.6 is 0 Å². The Morgan fingerprint density at radius 3 is 2.21 bits per heavy atom. The maximum atomic E-state index is 12.5. The molecule has 0 aromatic heterocycles. The molecule has 2 heterocycles. The largest absolute Gasteiger partial charge is 2.00 e. The standard InChI is InChI=1S/C21H31N2O.C8H3F4O.Yb/c1-17(2)15-20(24)23-13-10-21(11-14-23)9-12-22(3)16-19(21)18-7-5-4-6-8-18;9-7-2-1-6(8(10,11)12)3-5(7)4-13;/h4-8,15,17,19H,9-14,16H2,1-3H3;1-3H;/q2*-1;+2. The first-order chi connectivity index (χ1) is 17.4. The fraction of sp³-hybridized carbons (Fsp3) is 0.483. The van der Waals surface area contributed by atoms with Crippen molar-refractivity contribution in [2.75, 3.05) is 33.2 Å². The number of halogens is 4. The summed E-state index contributed by atoms with van der Waals surface area (Å²) < 4.78 is 48.5. The van der Waals surface area contributed by atoms with Crippen molar-refractivity contribution in [1.82, 2.24) is 9.80 Å². The van der Waals surface area contributed by atoms with Gasteiger partial charge in [-0.05, 0) is 49.4 Å². The molecule has 0 radical (unpaired) electrons. The number of benzene rings is 2. The average molecular weight is 692 g/mol. The van der Waals surface area contributed by atoms with Crippen LogP contribution in [0.25, 0.3) is 0 Å². The van der Waals surface area contributed by atoms with E-state index in [-0.39, 0.29) is 52.8 Å². The Morgan fingerprint density at radius 1 is 1.05 bits per heavy atom. The van der Waals surface area contributed by atoms with E-state index in [2.05, 4.69) is 61.0 Å². The first kappa shape index (κ1) is 32.9. The van der Waals surface area contributed by atoms with Crippen LogP contribution in [0, 0.1) is 70.5 Å². The predicted molar refractivity (Wildman–Crippen MR) is 135 cm³/mol. The Bertz CT molecular complexity index is 1050. The van der Waals surface area contributed by atoms with Crippen molar-refractivity contribution in [1.29, 1.82) is 0 Å². The Morgan fingerprint density at radius 2 is 1.66 bits per heavy atom. The second kappa shape index (κ2) is 14.3. The number of carbonyl (C=O) groups is 1. The quantitative estimate of drug-likeness (QED) is 0.298. The third kappa shape index (κ3) is 8.57. The number of hydrogen-bond acceptors (Lipinski definition) is 3. The van der Waals surface area contributed by atoms with Gasteiger partial charge < -0.3 is 25.8 Å². The summed E-state index contributed by atoms with van der Waals surface area (Å²) in [6.45, 7) is 8.28. The van der Waals surface area contributed by atoms with Crippen LogP contribution in [0.2, 0.25) is 0 Å². The molecule has 38 heavy (non-hydrogen) atoms. The summed E-state index contributed by atoms with van der Waals surface area (Å²) in [5.41, 5.74) is 0.0577. The molecule has 2 aliphatic heterocycles. The number of piperidine rings is 2. The second-order valence-corrected chi connectivity index (χ2v) is 10.4. The molecular formula is C29H34F4N2O2Yb. The van der Waals surface area contributed by atoms with Crippen molar-refractivity contribution in [3.05, 3.63) is 77.5 Å². The van der Waals surface area contributed by atoms with Gasteiger partial charge in [0.1, 0.15) is 0 Å². The molecule has 9 heteroatoms. The number of rotatable bonds is 4. The van der Waals surface area contributed by atoms with Crippen LogP contribution < -0.4 is 0 Å². The van der Waals surface area contributed by atoms with Crippen LogP contribution in [-0.2, 0) is 15.8 Å². The molecule has 2 fully saturated rings. The summed E-state index contributed by atoms with van der Waals surface area (Å²) in [6, 6.07) is 12.6. The molecule has 2 aromatic carbocycles. The van der Waals surface area contributed by atoms with E-state index in [1.165, 1.54) is 18.5 Å². The van der Waals surface area contributed by atoms with Gasteiger partial charge in [-0.1, -0.05) is 56.3 Å². The molecule has 2 aliphatic rings. The fourth-order valence-corrected chi connectivity index (χ4v) is 5.27. The third-order valence-corrected chi connectivity index (χ3v) is 7.38. The zero-order valence-corrected chi connectivity index (χ0v) is 23.5. The van der Waals surface area contributed by atoms with Crippen molar-refractivity contribution < 1.29 is 74.1 Å². The molecular weight excluding hydrogens is 657 g/mol. The Hall–Kier alpha value is -1.35. The van der Waals surface area contributed by atoms with Crippen molar-refractivity contribution in [2.45, 2.75) is 45.2 Å². The van der Waals surface area contributed by atoms with Crippen LogP contribution in [0.3, 0.4) is 0 Å². The molecule has 1 amide bonds. The van der Waals surface area contributed by atoms with E-state index in [4.69, 9.17) is 0 Å². The van der Waals surface area contributed by atoms with Gasteiger partial charge in [0.25, 0.3) is 0 Å². The van der Waals surface area contributed by atoms with Crippen molar-refractivity contribution in [3.8, 4) is 0 Å². The van der Waals surface area contributed by atoms with Gasteiger partial charge in [-0.15, -0.1) is 11.6 Å². The monoisotopic (exact) mass is 692 g/mol. The first-order valence-corrected chi connectivity index (χ1v) is 12.6. The second-order valence-electron chi connectivity index (χ2n) is 10.4. The molecule has 0 N–H and O–H groups in total. The third-order valence-electron chi connectivity index (χ3n) is 7.38. The van der Waals surface area contributed by atoms with Crippen LogP contribution in [0.5, 0.6) is 0 Å². The van der Waals surface area contributed by atoms with Crippen LogP contribution in [0.4, 0.5) is 17.6 Å². The Kier molecular flexibility index (Phi) is 12.4. The molecule has 214 valence electrons. The molecule has 0 bridgehead atoms. The molecule has 0 aliphatic carbocycles. The molecule has 1 spiro atoms. The molecule has 4 rings (SSSR count). The SMILES string of the molecule is CC(C)[CH-]C(=O)N1CCC2(CCN(C)CC2c2ccccc2)CC1.O=[C-]c1cc(C(F)(F)F)ccc1F.[Yb+2]. The van der Waals surface area contributed by atoms with Gasteiger partial charge in [0, 0.05) is 31.4 Å². The maximum absolute atomic E-state index is 12.5. The number of alkyl halides is 3. The van der Waals surface area contributed by atoms with Gasteiger partial charge in [0.05, 0.1) is 12.2 Å². The van der Waals surface area contributed by atoms with E-state index in [9.17, 15) is 27.2 Å². The summed E-state index contributed by atoms with van der Waals surface area (Å²) in [4.78, 5) is 26.8. The minimum absolute atomic E-state index is 0. The van der Waals surface area contributed by atoms with Gasteiger partial charge in [-0.25, -0.2) is 0 Å². The summed E-state index contributed by atoms with van der Waals surface area (Å²) in [5.74, 6) is 0.129. The van der Waals surface area contributed by atoms with Gasteiger partial charge >= 0.3 is 53.1 Å². The molecule has 0 saturated carbocycles.